The van der Waals surface area contributed by atoms with Gasteiger partial charge in [-0.1, -0.05) is 84.9 Å². The first kappa shape index (κ1) is 29.5. The molecule has 6 nitrogen and oxygen atoms in total. The van der Waals surface area contributed by atoms with Crippen molar-refractivity contribution in [2.75, 3.05) is 13.2 Å². The van der Waals surface area contributed by atoms with E-state index in [0.717, 1.165) is 11.1 Å². The molecular formula is C30H30MnN2O4. The molecule has 0 amide bonds. The molecule has 0 heterocycles. The molecule has 0 saturated carbocycles. The van der Waals surface area contributed by atoms with Crippen LogP contribution in [0.15, 0.2) is 119 Å². The molecule has 4 rings (SSSR count). The molecule has 0 bridgehead atoms. The Balaban J connectivity index is 0.000000253. The number of aromatic hydroxyl groups is 2. The summed E-state index contributed by atoms with van der Waals surface area (Å²) in [6, 6.07) is 32.5. The van der Waals surface area contributed by atoms with E-state index in [4.69, 9.17) is 0 Å². The Hall–Kier alpha value is -3.74. The molecule has 37 heavy (non-hydrogen) atoms. The van der Waals surface area contributed by atoms with Gasteiger partial charge in [-0.05, 0) is 35.4 Å². The summed E-state index contributed by atoms with van der Waals surface area (Å²) in [7, 11) is 0. The van der Waals surface area contributed by atoms with Crippen LogP contribution < -0.4 is 0 Å². The summed E-state index contributed by atoms with van der Waals surface area (Å²) >= 11 is 0. The Bertz CT molecular complexity index is 1150. The zero-order valence-corrected chi connectivity index (χ0v) is 21.4. The fourth-order valence-corrected chi connectivity index (χ4v) is 3.36. The van der Waals surface area contributed by atoms with Crippen LogP contribution in [0.1, 0.15) is 34.3 Å². The Morgan fingerprint density at radius 2 is 0.838 bits per heavy atom. The fraction of sp³-hybridized carbons (Fsp3) is 0.133. The van der Waals surface area contributed by atoms with Gasteiger partial charge in [0.2, 0.25) is 0 Å². The Kier molecular flexibility index (Phi) is 12.8. The van der Waals surface area contributed by atoms with Gasteiger partial charge in [-0.15, -0.1) is 0 Å². The first-order valence-electron chi connectivity index (χ1n) is 11.6. The second kappa shape index (κ2) is 16.1. The Labute approximate surface area is 227 Å². The minimum Gasteiger partial charge on any atom is -0.507 e. The van der Waals surface area contributed by atoms with Crippen molar-refractivity contribution in [3.8, 4) is 11.5 Å². The van der Waals surface area contributed by atoms with Gasteiger partial charge in [0.1, 0.15) is 11.5 Å². The average molecular weight is 538 g/mol. The van der Waals surface area contributed by atoms with Gasteiger partial charge in [0.25, 0.3) is 0 Å². The van der Waals surface area contributed by atoms with Gasteiger partial charge in [0.05, 0.1) is 25.3 Å². The zero-order chi connectivity index (χ0) is 25.6. The van der Waals surface area contributed by atoms with Gasteiger partial charge in [0, 0.05) is 40.6 Å². The van der Waals surface area contributed by atoms with Crippen LogP contribution in [0.4, 0.5) is 0 Å². The van der Waals surface area contributed by atoms with E-state index in [0.29, 0.717) is 11.1 Å². The van der Waals surface area contributed by atoms with E-state index in [1.165, 1.54) is 0 Å². The molecule has 0 aromatic heterocycles. The maximum Gasteiger partial charge on any atom is 0.124 e. The second-order valence-electron chi connectivity index (χ2n) is 7.89. The molecule has 4 aromatic rings. The minimum atomic E-state index is -0.300. The topological polar surface area (TPSA) is 106 Å². The Morgan fingerprint density at radius 1 is 0.514 bits per heavy atom. The molecule has 0 aliphatic rings. The van der Waals surface area contributed by atoms with Gasteiger partial charge in [-0.3, -0.25) is 9.98 Å². The zero-order valence-electron chi connectivity index (χ0n) is 20.2. The van der Waals surface area contributed by atoms with E-state index in [-0.39, 0.29) is 53.9 Å². The molecular weight excluding hydrogens is 507 g/mol. The van der Waals surface area contributed by atoms with Crippen LogP contribution in [0.3, 0.4) is 0 Å². The predicted octanol–water partition coefficient (Wildman–Crippen LogP) is 5.09. The smallest absolute Gasteiger partial charge is 0.124 e. The molecule has 4 aromatic carbocycles. The molecule has 2 atom stereocenters. The molecule has 0 saturated heterocycles. The summed E-state index contributed by atoms with van der Waals surface area (Å²) in [6.07, 6.45) is 3.17. The maximum atomic E-state index is 9.61. The van der Waals surface area contributed by atoms with E-state index >= 15 is 0 Å². The Morgan fingerprint density at radius 3 is 1.16 bits per heavy atom. The number of aliphatic hydroxyl groups excluding tert-OH is 2. The third-order valence-corrected chi connectivity index (χ3v) is 5.38. The molecule has 0 spiro atoms. The van der Waals surface area contributed by atoms with Crippen molar-refractivity contribution in [1.82, 2.24) is 0 Å². The van der Waals surface area contributed by atoms with E-state index in [9.17, 15) is 20.4 Å². The van der Waals surface area contributed by atoms with E-state index in [1.54, 1.807) is 48.8 Å². The van der Waals surface area contributed by atoms with Crippen molar-refractivity contribution in [3.05, 3.63) is 131 Å². The molecule has 7 heteroatoms. The van der Waals surface area contributed by atoms with Gasteiger partial charge < -0.3 is 20.4 Å². The monoisotopic (exact) mass is 537 g/mol. The van der Waals surface area contributed by atoms with Crippen molar-refractivity contribution in [2.24, 2.45) is 9.98 Å². The number of para-hydroxylation sites is 2. The van der Waals surface area contributed by atoms with Gasteiger partial charge >= 0.3 is 0 Å². The quantitative estimate of drug-likeness (QED) is 0.186. The maximum absolute atomic E-state index is 9.61. The summed E-state index contributed by atoms with van der Waals surface area (Å²) in [6.45, 7) is -0.123. The largest absolute Gasteiger partial charge is 0.507 e. The predicted molar refractivity (Wildman–Crippen MR) is 144 cm³/mol. The van der Waals surface area contributed by atoms with Crippen LogP contribution in [0.5, 0.6) is 11.5 Å². The fourth-order valence-electron chi connectivity index (χ4n) is 3.36. The number of phenols is 2. The summed E-state index contributed by atoms with van der Waals surface area (Å²) in [5.74, 6) is 0.372. The van der Waals surface area contributed by atoms with Crippen molar-refractivity contribution in [2.45, 2.75) is 12.1 Å². The van der Waals surface area contributed by atoms with E-state index < -0.39 is 0 Å². The van der Waals surface area contributed by atoms with Gasteiger partial charge in [0.15, 0.2) is 0 Å². The summed E-state index contributed by atoms with van der Waals surface area (Å²) in [5, 5.41) is 37.9. The molecule has 1 radical (unpaired) electrons. The SMILES string of the molecule is OC[C@@H](N=Cc1ccccc1O)c1ccccc1.OC[C@@H](N=Cc1ccccc1O)c1ccccc1.[Mn]. The first-order valence-corrected chi connectivity index (χ1v) is 11.6. The van der Waals surface area contributed by atoms with Crippen LogP contribution in [-0.4, -0.2) is 46.1 Å². The number of benzene rings is 4. The van der Waals surface area contributed by atoms with Crippen molar-refractivity contribution in [1.29, 1.82) is 0 Å². The number of hydrogen-bond donors (Lipinski definition) is 4. The van der Waals surface area contributed by atoms with Gasteiger partial charge in [-0.25, -0.2) is 0 Å². The van der Waals surface area contributed by atoms with Crippen LogP contribution in [0, 0.1) is 0 Å². The van der Waals surface area contributed by atoms with E-state index in [2.05, 4.69) is 9.98 Å². The molecule has 0 unspecified atom stereocenters. The third kappa shape index (κ3) is 9.33. The number of aliphatic hydroxyl groups is 2. The third-order valence-electron chi connectivity index (χ3n) is 5.38. The normalized spacial score (nSPS) is 12.4. The van der Waals surface area contributed by atoms with Crippen molar-refractivity contribution >= 4 is 12.4 Å². The molecule has 0 aliphatic heterocycles. The van der Waals surface area contributed by atoms with Crippen LogP contribution in [-0.2, 0) is 17.1 Å². The van der Waals surface area contributed by atoms with Gasteiger partial charge in [-0.2, -0.15) is 0 Å². The second-order valence-corrected chi connectivity index (χ2v) is 7.89. The molecule has 4 N–H and O–H groups in total. The summed E-state index contributed by atoms with van der Waals surface area (Å²) in [5.41, 5.74) is 3.19. The first-order chi connectivity index (χ1) is 17.6. The molecule has 191 valence electrons. The summed E-state index contributed by atoms with van der Waals surface area (Å²) < 4.78 is 0. The minimum absolute atomic E-state index is 0. The van der Waals surface area contributed by atoms with Crippen LogP contribution in [0.25, 0.3) is 0 Å². The van der Waals surface area contributed by atoms with Crippen molar-refractivity contribution < 1.29 is 37.5 Å². The van der Waals surface area contributed by atoms with Crippen LogP contribution in [0.2, 0.25) is 0 Å². The number of hydrogen-bond acceptors (Lipinski definition) is 6. The average Bonchev–Trinajstić information content (AvgIpc) is 2.93. The van der Waals surface area contributed by atoms with E-state index in [1.807, 2.05) is 72.8 Å². The number of nitrogens with zero attached hydrogens (tertiary/aromatic N) is 2. The number of phenolic OH excluding ortho intramolecular Hbond substituents is 2. The number of rotatable bonds is 8. The van der Waals surface area contributed by atoms with Crippen LogP contribution >= 0.6 is 0 Å². The summed E-state index contributed by atoms with van der Waals surface area (Å²) in [4.78, 5) is 8.62. The molecule has 0 aliphatic carbocycles. The van der Waals surface area contributed by atoms with Crippen molar-refractivity contribution in [3.63, 3.8) is 0 Å². The standard InChI is InChI=1S/2C15H15NO2.Mn/c2*17-11-14(12-6-2-1-3-7-12)16-10-13-8-4-5-9-15(13)18;/h2*1-10,14,17-18H,11H2;/t2*14-;/m11./s1. The molecule has 0 fully saturated rings. The number of aliphatic imine (C=N–C) groups is 2.